The smallest absolute Gasteiger partial charge is 0.233 e. The van der Waals surface area contributed by atoms with Crippen molar-refractivity contribution in [2.45, 2.75) is 6.61 Å². The maximum Gasteiger partial charge on any atom is 0.233 e. The summed E-state index contributed by atoms with van der Waals surface area (Å²) in [6.45, 7) is 0.305. The van der Waals surface area contributed by atoms with Crippen LogP contribution in [0.5, 0.6) is 5.88 Å². The molecule has 0 aromatic carbocycles. The van der Waals surface area contributed by atoms with Crippen LogP contribution in [-0.4, -0.2) is 9.97 Å². The predicted octanol–water partition coefficient (Wildman–Crippen LogP) is 3.06. The van der Waals surface area contributed by atoms with E-state index in [1.165, 1.54) is 6.33 Å². The fourth-order valence-electron chi connectivity index (χ4n) is 0.968. The van der Waals surface area contributed by atoms with Crippen LogP contribution >= 0.6 is 27.5 Å². The topological polar surface area (TPSA) is 48.2 Å². The summed E-state index contributed by atoms with van der Waals surface area (Å²) in [7, 11) is 0. The first-order chi connectivity index (χ1) is 7.27. The molecular weight excluding hydrogens is 283 g/mol. The van der Waals surface area contributed by atoms with Crippen molar-refractivity contribution < 1.29 is 9.15 Å². The summed E-state index contributed by atoms with van der Waals surface area (Å²) >= 11 is 9.00. The van der Waals surface area contributed by atoms with Crippen LogP contribution in [0.2, 0.25) is 5.15 Å². The number of rotatable bonds is 3. The average Bonchev–Trinajstić information content (AvgIpc) is 2.73. The van der Waals surface area contributed by atoms with Crippen LogP contribution in [0.1, 0.15) is 5.76 Å². The van der Waals surface area contributed by atoms with E-state index in [9.17, 15) is 0 Å². The molecule has 2 rings (SSSR count). The van der Waals surface area contributed by atoms with Gasteiger partial charge in [0.25, 0.3) is 0 Å². The van der Waals surface area contributed by atoms with Gasteiger partial charge in [-0.1, -0.05) is 11.6 Å². The summed E-state index contributed by atoms with van der Waals surface area (Å²) in [6, 6.07) is 3.61. The van der Waals surface area contributed by atoms with E-state index in [0.717, 1.165) is 5.76 Å². The van der Waals surface area contributed by atoms with E-state index in [2.05, 4.69) is 25.9 Å². The van der Waals surface area contributed by atoms with Gasteiger partial charge in [0, 0.05) is 0 Å². The van der Waals surface area contributed by atoms with Crippen molar-refractivity contribution in [2.24, 2.45) is 0 Å². The Morgan fingerprint density at radius 1 is 1.47 bits per heavy atom. The van der Waals surface area contributed by atoms with Gasteiger partial charge in [-0.05, 0) is 28.1 Å². The fourth-order valence-corrected chi connectivity index (χ4v) is 1.41. The Labute approximate surface area is 99.4 Å². The van der Waals surface area contributed by atoms with E-state index < -0.39 is 0 Å². The van der Waals surface area contributed by atoms with Crippen molar-refractivity contribution in [3.63, 3.8) is 0 Å². The SMILES string of the molecule is Clc1ncnc(OCc2ccco2)c1Br. The fraction of sp³-hybridized carbons (Fsp3) is 0.111. The molecule has 0 aliphatic carbocycles. The molecular formula is C9H6BrClN2O2. The van der Waals surface area contributed by atoms with Crippen LogP contribution in [0.3, 0.4) is 0 Å². The predicted molar refractivity (Wildman–Crippen MR) is 57.8 cm³/mol. The highest BCUT2D eigenvalue weighted by Crippen LogP contribution is 2.28. The van der Waals surface area contributed by atoms with Crippen LogP contribution < -0.4 is 4.74 Å². The molecule has 0 bridgehead atoms. The maximum absolute atomic E-state index is 5.77. The molecule has 15 heavy (non-hydrogen) atoms. The second-order valence-electron chi connectivity index (χ2n) is 2.65. The van der Waals surface area contributed by atoms with Crippen molar-refractivity contribution in [2.75, 3.05) is 0 Å². The standard InChI is InChI=1S/C9H6BrClN2O2/c10-7-8(11)12-5-13-9(7)15-4-6-2-1-3-14-6/h1-3,5H,4H2. The molecule has 0 aliphatic rings. The summed E-state index contributed by atoms with van der Waals surface area (Å²) in [4.78, 5) is 7.72. The van der Waals surface area contributed by atoms with Gasteiger partial charge in [-0.3, -0.25) is 0 Å². The van der Waals surface area contributed by atoms with E-state index in [1.807, 2.05) is 6.07 Å². The second kappa shape index (κ2) is 4.63. The molecule has 0 fully saturated rings. The molecule has 0 N–H and O–H groups in total. The second-order valence-corrected chi connectivity index (χ2v) is 3.80. The Kier molecular flexibility index (Phi) is 3.23. The van der Waals surface area contributed by atoms with Gasteiger partial charge in [0.2, 0.25) is 5.88 Å². The number of furan rings is 1. The lowest BCUT2D eigenvalue weighted by Gasteiger charge is -2.04. The molecule has 0 saturated carbocycles. The summed E-state index contributed by atoms with van der Waals surface area (Å²) < 4.78 is 11.0. The highest BCUT2D eigenvalue weighted by molar-refractivity contribution is 9.10. The summed E-state index contributed by atoms with van der Waals surface area (Å²) in [5, 5.41) is 0.319. The Morgan fingerprint density at radius 3 is 3.07 bits per heavy atom. The molecule has 0 saturated heterocycles. The van der Waals surface area contributed by atoms with Crippen LogP contribution in [-0.2, 0) is 6.61 Å². The zero-order chi connectivity index (χ0) is 10.7. The largest absolute Gasteiger partial charge is 0.469 e. The third-order valence-corrected chi connectivity index (χ3v) is 2.88. The van der Waals surface area contributed by atoms with Gasteiger partial charge in [-0.2, -0.15) is 0 Å². The Hall–Kier alpha value is -1.07. The molecule has 0 unspecified atom stereocenters. The molecule has 0 radical (unpaired) electrons. The zero-order valence-corrected chi connectivity index (χ0v) is 9.83. The first kappa shape index (κ1) is 10.4. The van der Waals surface area contributed by atoms with Gasteiger partial charge >= 0.3 is 0 Å². The van der Waals surface area contributed by atoms with E-state index in [0.29, 0.717) is 22.1 Å². The molecule has 2 aromatic rings. The third kappa shape index (κ3) is 2.49. The molecule has 2 heterocycles. The highest BCUT2D eigenvalue weighted by atomic mass is 79.9. The van der Waals surface area contributed by atoms with E-state index in [4.69, 9.17) is 20.8 Å². The Balaban J connectivity index is 2.08. The van der Waals surface area contributed by atoms with Crippen LogP contribution in [0.4, 0.5) is 0 Å². The lowest BCUT2D eigenvalue weighted by atomic mass is 10.5. The average molecular weight is 290 g/mol. The van der Waals surface area contributed by atoms with Crippen molar-refractivity contribution in [1.82, 2.24) is 9.97 Å². The Bertz CT molecular complexity index is 447. The van der Waals surface area contributed by atoms with Gasteiger partial charge in [0.05, 0.1) is 6.26 Å². The van der Waals surface area contributed by atoms with Gasteiger partial charge in [-0.25, -0.2) is 9.97 Å². The van der Waals surface area contributed by atoms with E-state index in [-0.39, 0.29) is 0 Å². The van der Waals surface area contributed by atoms with Gasteiger partial charge in [-0.15, -0.1) is 0 Å². The molecule has 0 spiro atoms. The van der Waals surface area contributed by atoms with Crippen LogP contribution in [0.15, 0.2) is 33.6 Å². The van der Waals surface area contributed by atoms with Crippen LogP contribution in [0.25, 0.3) is 0 Å². The zero-order valence-electron chi connectivity index (χ0n) is 7.48. The van der Waals surface area contributed by atoms with Crippen molar-refractivity contribution in [3.8, 4) is 5.88 Å². The number of ether oxygens (including phenoxy) is 1. The minimum absolute atomic E-state index is 0.305. The van der Waals surface area contributed by atoms with Crippen molar-refractivity contribution in [1.29, 1.82) is 0 Å². The molecule has 0 aliphatic heterocycles. The summed E-state index contributed by atoms with van der Waals surface area (Å²) in [6.07, 6.45) is 2.92. The first-order valence-electron chi connectivity index (χ1n) is 4.08. The third-order valence-electron chi connectivity index (χ3n) is 1.65. The summed E-state index contributed by atoms with van der Waals surface area (Å²) in [5.41, 5.74) is 0. The van der Waals surface area contributed by atoms with Crippen molar-refractivity contribution in [3.05, 3.63) is 40.1 Å². The quantitative estimate of drug-likeness (QED) is 0.815. The van der Waals surface area contributed by atoms with Gasteiger partial charge in [0.1, 0.15) is 23.2 Å². The lowest BCUT2D eigenvalue weighted by molar-refractivity contribution is 0.258. The number of aromatic nitrogens is 2. The lowest BCUT2D eigenvalue weighted by Crippen LogP contribution is -1.97. The van der Waals surface area contributed by atoms with Gasteiger partial charge in [0.15, 0.2) is 5.15 Å². The summed E-state index contributed by atoms with van der Waals surface area (Å²) in [5.74, 6) is 1.11. The highest BCUT2D eigenvalue weighted by Gasteiger charge is 2.08. The minimum Gasteiger partial charge on any atom is -0.469 e. The number of hydrogen-bond acceptors (Lipinski definition) is 4. The van der Waals surface area contributed by atoms with Gasteiger partial charge < -0.3 is 9.15 Å². The molecule has 4 nitrogen and oxygen atoms in total. The number of halogens is 2. The maximum atomic E-state index is 5.77. The van der Waals surface area contributed by atoms with Crippen LogP contribution in [0, 0.1) is 0 Å². The normalized spacial score (nSPS) is 10.3. The van der Waals surface area contributed by atoms with Crippen molar-refractivity contribution >= 4 is 27.5 Å². The number of nitrogens with zero attached hydrogens (tertiary/aromatic N) is 2. The monoisotopic (exact) mass is 288 g/mol. The Morgan fingerprint density at radius 2 is 2.33 bits per heavy atom. The minimum atomic E-state index is 0.305. The molecule has 78 valence electrons. The molecule has 6 heteroatoms. The molecule has 0 amide bonds. The molecule has 0 atom stereocenters. The van der Waals surface area contributed by atoms with E-state index in [1.54, 1.807) is 12.3 Å². The molecule has 2 aromatic heterocycles. The van der Waals surface area contributed by atoms with E-state index >= 15 is 0 Å². The number of hydrogen-bond donors (Lipinski definition) is 0. The first-order valence-corrected chi connectivity index (χ1v) is 5.25.